The zero-order valence-corrected chi connectivity index (χ0v) is 17.3. The number of rotatable bonds is 10. The minimum Gasteiger partial charge on any atom is -0.467 e. The average molecular weight is 394 g/mol. The van der Waals surface area contributed by atoms with Gasteiger partial charge >= 0.3 is 0 Å². The lowest BCUT2D eigenvalue weighted by Gasteiger charge is -2.28. The summed E-state index contributed by atoms with van der Waals surface area (Å²) in [5.41, 5.74) is 1.17. The highest BCUT2D eigenvalue weighted by molar-refractivity contribution is 5.83. The highest BCUT2D eigenvalue weighted by Gasteiger charge is 2.35. The van der Waals surface area contributed by atoms with E-state index in [0.29, 0.717) is 19.1 Å². The largest absolute Gasteiger partial charge is 0.467 e. The van der Waals surface area contributed by atoms with E-state index in [1.54, 1.807) is 6.26 Å². The van der Waals surface area contributed by atoms with E-state index in [-0.39, 0.29) is 11.6 Å². The summed E-state index contributed by atoms with van der Waals surface area (Å²) >= 11 is 0. The maximum absolute atomic E-state index is 10.5. The van der Waals surface area contributed by atoms with Gasteiger partial charge in [-0.3, -0.25) is 0 Å². The molecule has 1 aliphatic rings. The molecule has 0 radical (unpaired) electrons. The molecule has 0 spiro atoms. The third-order valence-electron chi connectivity index (χ3n) is 5.62. The first-order chi connectivity index (χ1) is 14.0. The molecule has 1 heterocycles. The molecule has 4 heteroatoms. The lowest BCUT2D eigenvalue weighted by Crippen LogP contribution is -2.46. The Morgan fingerprint density at radius 3 is 2.62 bits per heavy atom. The van der Waals surface area contributed by atoms with Gasteiger partial charge in [0.25, 0.3) is 0 Å². The molecule has 2 atom stereocenters. The summed E-state index contributed by atoms with van der Waals surface area (Å²) in [5, 5.41) is 16.5. The lowest BCUT2D eigenvalue weighted by molar-refractivity contribution is -0.0297. The zero-order chi connectivity index (χ0) is 20.3. The van der Waals surface area contributed by atoms with Crippen molar-refractivity contribution >= 4 is 10.8 Å². The van der Waals surface area contributed by atoms with E-state index in [1.807, 2.05) is 12.1 Å². The number of nitrogens with one attached hydrogen (secondary N) is 1. The average Bonchev–Trinajstić information content (AvgIpc) is 3.40. The molecule has 0 aliphatic heterocycles. The number of hydrogen-bond acceptors (Lipinski definition) is 4. The van der Waals surface area contributed by atoms with Gasteiger partial charge in [0.15, 0.2) is 0 Å². The van der Waals surface area contributed by atoms with Gasteiger partial charge < -0.3 is 19.6 Å². The summed E-state index contributed by atoms with van der Waals surface area (Å²) in [4.78, 5) is 0. The Kier molecular flexibility index (Phi) is 6.04. The number of ether oxygens (including phenoxy) is 1. The number of fused-ring (bicyclic) bond motifs is 1. The molecule has 4 nitrogen and oxygen atoms in total. The van der Waals surface area contributed by atoms with Crippen LogP contribution in [0.5, 0.6) is 0 Å². The third-order valence-corrected chi connectivity index (χ3v) is 5.62. The number of benzene rings is 2. The lowest BCUT2D eigenvalue weighted by atomic mass is 9.93. The van der Waals surface area contributed by atoms with E-state index in [4.69, 9.17) is 9.15 Å². The monoisotopic (exact) mass is 393 g/mol. The summed E-state index contributed by atoms with van der Waals surface area (Å²) < 4.78 is 11.5. The van der Waals surface area contributed by atoms with Gasteiger partial charge in [-0.25, -0.2) is 0 Å². The second kappa shape index (κ2) is 8.70. The number of β-amino-alcohol motifs (C(OH)–C–C–N with tert-alkyl or cyclic N) is 1. The molecule has 0 saturated heterocycles. The Balaban J connectivity index is 1.27. The molecule has 29 heavy (non-hydrogen) atoms. The van der Waals surface area contributed by atoms with Gasteiger partial charge in [0, 0.05) is 12.1 Å². The molecule has 3 aromatic rings. The van der Waals surface area contributed by atoms with Crippen molar-refractivity contribution in [3.63, 3.8) is 0 Å². The highest BCUT2D eigenvalue weighted by Crippen LogP contribution is 2.43. The van der Waals surface area contributed by atoms with Gasteiger partial charge in [-0.1, -0.05) is 42.5 Å². The van der Waals surface area contributed by atoms with Crippen LogP contribution in [0.15, 0.2) is 65.3 Å². The first-order valence-electron chi connectivity index (χ1n) is 10.6. The minimum absolute atomic E-state index is 0.0368. The van der Waals surface area contributed by atoms with E-state index in [2.05, 4.69) is 61.6 Å². The highest BCUT2D eigenvalue weighted by atomic mass is 16.5. The van der Waals surface area contributed by atoms with Crippen LogP contribution in [0.25, 0.3) is 10.8 Å². The molecule has 4 rings (SSSR count). The van der Waals surface area contributed by atoms with Crippen molar-refractivity contribution in [2.45, 2.75) is 50.9 Å². The predicted octanol–water partition coefficient (Wildman–Crippen LogP) is 4.87. The second-order valence-electron chi connectivity index (χ2n) is 8.88. The van der Waals surface area contributed by atoms with Crippen molar-refractivity contribution in [2.75, 3.05) is 13.2 Å². The van der Waals surface area contributed by atoms with Crippen molar-refractivity contribution < 1.29 is 14.3 Å². The van der Waals surface area contributed by atoms with Crippen molar-refractivity contribution in [1.29, 1.82) is 0 Å². The Bertz CT molecular complexity index is 915. The van der Waals surface area contributed by atoms with Crippen LogP contribution in [0.2, 0.25) is 0 Å². The quantitative estimate of drug-likeness (QED) is 0.516. The molecule has 0 amide bonds. The zero-order valence-electron chi connectivity index (χ0n) is 17.3. The molecule has 1 aromatic heterocycles. The van der Waals surface area contributed by atoms with Crippen LogP contribution in [0, 0.1) is 5.92 Å². The van der Waals surface area contributed by atoms with Crippen LogP contribution in [-0.4, -0.2) is 29.9 Å². The van der Waals surface area contributed by atoms with Gasteiger partial charge in [0.05, 0.1) is 19.0 Å². The number of furan rings is 1. The van der Waals surface area contributed by atoms with E-state index in [1.165, 1.54) is 29.2 Å². The Hall–Kier alpha value is -2.14. The van der Waals surface area contributed by atoms with Gasteiger partial charge in [-0.05, 0) is 67.5 Å². The molecule has 2 N–H and O–H groups in total. The number of hydrogen-bond donors (Lipinski definition) is 2. The third kappa shape index (κ3) is 5.47. The molecule has 2 aromatic carbocycles. The van der Waals surface area contributed by atoms with Crippen molar-refractivity contribution in [3.8, 4) is 0 Å². The normalized spacial score (nSPS) is 16.8. The Morgan fingerprint density at radius 1 is 1.10 bits per heavy atom. The van der Waals surface area contributed by atoms with Crippen LogP contribution < -0.4 is 5.32 Å². The Morgan fingerprint density at radius 2 is 1.90 bits per heavy atom. The summed E-state index contributed by atoms with van der Waals surface area (Å²) in [6.07, 6.45) is 4.31. The van der Waals surface area contributed by atoms with Crippen LogP contribution in [0.4, 0.5) is 0 Å². The molecule has 0 bridgehead atoms. The van der Waals surface area contributed by atoms with Crippen molar-refractivity contribution in [3.05, 3.63) is 72.2 Å². The topological polar surface area (TPSA) is 54.6 Å². The van der Waals surface area contributed by atoms with Gasteiger partial charge in [0.1, 0.15) is 11.9 Å². The first kappa shape index (κ1) is 20.1. The fourth-order valence-corrected chi connectivity index (χ4v) is 3.89. The Labute approximate surface area is 172 Å². The predicted molar refractivity (Wildman–Crippen MR) is 116 cm³/mol. The number of aliphatic hydroxyl groups excluding tert-OH is 1. The van der Waals surface area contributed by atoms with E-state index in [0.717, 1.165) is 12.2 Å². The van der Waals surface area contributed by atoms with Crippen molar-refractivity contribution in [1.82, 2.24) is 5.32 Å². The summed E-state index contributed by atoms with van der Waals surface area (Å²) in [6.45, 7) is 5.15. The fraction of sp³-hybridized carbons (Fsp3) is 0.440. The van der Waals surface area contributed by atoms with E-state index < -0.39 is 6.10 Å². The standard InChI is InChI=1S/C25H31NO3/c1-25(2,15-18-9-10-19-6-3-4-7-21(19)14-18)26-16-22(27)17-29-24(20-11-12-20)23-8-5-13-28-23/h3-10,13-14,20,22,24,26-27H,11-12,15-17H2,1-2H3. The molecule has 1 fully saturated rings. The molecule has 154 valence electrons. The van der Waals surface area contributed by atoms with E-state index >= 15 is 0 Å². The first-order valence-corrected chi connectivity index (χ1v) is 10.6. The van der Waals surface area contributed by atoms with Gasteiger partial charge in [-0.2, -0.15) is 0 Å². The molecular weight excluding hydrogens is 362 g/mol. The SMILES string of the molecule is CC(C)(Cc1ccc2ccccc2c1)NCC(O)COC(c1ccco1)C1CC1. The van der Waals surface area contributed by atoms with Crippen LogP contribution in [-0.2, 0) is 11.2 Å². The van der Waals surface area contributed by atoms with Crippen LogP contribution in [0.1, 0.15) is 44.1 Å². The van der Waals surface area contributed by atoms with Gasteiger partial charge in [-0.15, -0.1) is 0 Å². The summed E-state index contributed by atoms with van der Waals surface area (Å²) in [6, 6.07) is 18.9. The summed E-state index contributed by atoms with van der Waals surface area (Å²) in [5.74, 6) is 1.38. The van der Waals surface area contributed by atoms with Crippen molar-refractivity contribution in [2.24, 2.45) is 5.92 Å². The maximum atomic E-state index is 10.5. The number of aliphatic hydroxyl groups is 1. The van der Waals surface area contributed by atoms with Gasteiger partial charge in [0.2, 0.25) is 0 Å². The smallest absolute Gasteiger partial charge is 0.132 e. The summed E-state index contributed by atoms with van der Waals surface area (Å²) in [7, 11) is 0. The second-order valence-corrected chi connectivity index (χ2v) is 8.88. The minimum atomic E-state index is -0.554. The van der Waals surface area contributed by atoms with Crippen LogP contribution >= 0.6 is 0 Å². The molecule has 1 saturated carbocycles. The molecule has 1 aliphatic carbocycles. The van der Waals surface area contributed by atoms with Crippen LogP contribution in [0.3, 0.4) is 0 Å². The molecular formula is C25H31NO3. The van der Waals surface area contributed by atoms with E-state index in [9.17, 15) is 5.11 Å². The fourth-order valence-electron chi connectivity index (χ4n) is 3.89. The maximum Gasteiger partial charge on any atom is 0.132 e. The molecule has 2 unspecified atom stereocenters.